The van der Waals surface area contributed by atoms with Crippen LogP contribution in [-0.2, 0) is 11.2 Å². The Morgan fingerprint density at radius 2 is 2.05 bits per heavy atom. The largest absolute Gasteiger partial charge is 0.341 e. The van der Waals surface area contributed by atoms with Gasteiger partial charge in [-0.05, 0) is 18.4 Å². The normalized spacial score (nSPS) is 16.8. The molecule has 3 nitrogen and oxygen atoms in total. The lowest BCUT2D eigenvalue weighted by Crippen LogP contribution is -2.44. The first kappa shape index (κ1) is 16.7. The molecule has 0 saturated carbocycles. The van der Waals surface area contributed by atoms with Crippen molar-refractivity contribution < 1.29 is 4.79 Å². The summed E-state index contributed by atoms with van der Waals surface area (Å²) in [5.41, 5.74) is 1.28. The second kappa shape index (κ2) is 8.77. The van der Waals surface area contributed by atoms with Gasteiger partial charge in [0.1, 0.15) is 6.04 Å². The molecule has 1 N–H and O–H groups in total. The van der Waals surface area contributed by atoms with Crippen LogP contribution in [-0.4, -0.2) is 36.5 Å². The molecule has 0 fully saturated rings. The minimum Gasteiger partial charge on any atom is -0.341 e. The Labute approximate surface area is 127 Å². The summed E-state index contributed by atoms with van der Waals surface area (Å²) in [6.07, 6.45) is 5.90. The van der Waals surface area contributed by atoms with E-state index in [0.717, 1.165) is 32.5 Å². The highest BCUT2D eigenvalue weighted by molar-refractivity contribution is 5.85. The van der Waals surface area contributed by atoms with Crippen LogP contribution in [0.25, 0.3) is 0 Å². The number of hydrogen-bond donors (Lipinski definition) is 1. The van der Waals surface area contributed by atoms with Crippen LogP contribution in [0.4, 0.5) is 0 Å². The van der Waals surface area contributed by atoms with Gasteiger partial charge in [-0.1, -0.05) is 49.4 Å². The Morgan fingerprint density at radius 3 is 2.65 bits per heavy atom. The summed E-state index contributed by atoms with van der Waals surface area (Å²) in [7, 11) is 0. The molecule has 1 aromatic carbocycles. The smallest absolute Gasteiger partial charge is 0.243 e. The van der Waals surface area contributed by atoms with Crippen LogP contribution in [0.2, 0.25) is 0 Å². The minimum absolute atomic E-state index is 0. The molecule has 1 amide bonds. The molecule has 1 unspecified atom stereocenters. The molecule has 0 radical (unpaired) electrons. The van der Waals surface area contributed by atoms with E-state index in [4.69, 9.17) is 0 Å². The van der Waals surface area contributed by atoms with Crippen molar-refractivity contribution >= 4 is 18.3 Å². The van der Waals surface area contributed by atoms with Crippen molar-refractivity contribution in [3.05, 3.63) is 48.0 Å². The number of rotatable bonds is 6. The van der Waals surface area contributed by atoms with E-state index in [1.165, 1.54) is 5.56 Å². The SMILES string of the molecule is CCCN(CCc1ccccc1)C(=O)C1C=CCN1.Cl. The van der Waals surface area contributed by atoms with Crippen molar-refractivity contribution in [3.8, 4) is 0 Å². The second-order valence-electron chi connectivity index (χ2n) is 4.87. The van der Waals surface area contributed by atoms with Crippen LogP contribution >= 0.6 is 12.4 Å². The molecule has 4 heteroatoms. The highest BCUT2D eigenvalue weighted by Gasteiger charge is 2.22. The first-order valence-corrected chi connectivity index (χ1v) is 7.04. The Bertz CT molecular complexity index is 433. The molecule has 1 aromatic rings. The first-order valence-electron chi connectivity index (χ1n) is 7.04. The fraction of sp³-hybridized carbons (Fsp3) is 0.438. The molecule has 110 valence electrons. The standard InChI is InChI=1S/C16H22N2O.ClH/c1-2-12-18(16(19)15-9-6-11-17-15)13-10-14-7-4-3-5-8-14;/h3-9,15,17H,2,10-13H2,1H3;1H. The van der Waals surface area contributed by atoms with E-state index in [-0.39, 0.29) is 24.4 Å². The molecule has 0 bridgehead atoms. The summed E-state index contributed by atoms with van der Waals surface area (Å²) in [5.74, 6) is 0.200. The maximum absolute atomic E-state index is 12.4. The van der Waals surface area contributed by atoms with Crippen LogP contribution in [0.15, 0.2) is 42.5 Å². The molecule has 0 aliphatic carbocycles. The van der Waals surface area contributed by atoms with E-state index in [1.54, 1.807) is 0 Å². The van der Waals surface area contributed by atoms with Crippen LogP contribution in [0, 0.1) is 0 Å². The number of nitrogens with one attached hydrogen (secondary N) is 1. The number of hydrogen-bond acceptors (Lipinski definition) is 2. The van der Waals surface area contributed by atoms with Gasteiger partial charge in [-0.25, -0.2) is 0 Å². The average molecular weight is 295 g/mol. The topological polar surface area (TPSA) is 32.3 Å². The van der Waals surface area contributed by atoms with E-state index >= 15 is 0 Å². The van der Waals surface area contributed by atoms with Crippen molar-refractivity contribution in [2.24, 2.45) is 0 Å². The van der Waals surface area contributed by atoms with Crippen LogP contribution in [0.5, 0.6) is 0 Å². The lowest BCUT2D eigenvalue weighted by atomic mass is 10.1. The molecule has 0 saturated heterocycles. The predicted molar refractivity (Wildman–Crippen MR) is 85.2 cm³/mol. The molecular weight excluding hydrogens is 272 g/mol. The summed E-state index contributed by atoms with van der Waals surface area (Å²) < 4.78 is 0. The zero-order valence-electron chi connectivity index (χ0n) is 11.9. The quantitative estimate of drug-likeness (QED) is 0.817. The van der Waals surface area contributed by atoms with Crippen molar-refractivity contribution in [1.29, 1.82) is 0 Å². The molecular formula is C16H23ClN2O. The summed E-state index contributed by atoms with van der Waals surface area (Å²) in [4.78, 5) is 14.3. The van der Waals surface area contributed by atoms with Gasteiger partial charge in [0.15, 0.2) is 0 Å². The van der Waals surface area contributed by atoms with Gasteiger partial charge < -0.3 is 4.90 Å². The van der Waals surface area contributed by atoms with E-state index in [0.29, 0.717) is 0 Å². The fourth-order valence-corrected chi connectivity index (χ4v) is 2.34. The Hall–Kier alpha value is -1.32. The summed E-state index contributed by atoms with van der Waals surface area (Å²) in [6.45, 7) is 4.54. The maximum Gasteiger partial charge on any atom is 0.243 e. The highest BCUT2D eigenvalue weighted by Crippen LogP contribution is 2.06. The van der Waals surface area contributed by atoms with Gasteiger partial charge in [0.05, 0.1) is 0 Å². The number of benzene rings is 1. The van der Waals surface area contributed by atoms with Crippen molar-refractivity contribution in [2.45, 2.75) is 25.8 Å². The number of amides is 1. The Kier molecular flexibility index (Phi) is 7.34. The van der Waals surface area contributed by atoms with Crippen molar-refractivity contribution in [2.75, 3.05) is 19.6 Å². The summed E-state index contributed by atoms with van der Waals surface area (Å²) in [5, 5.41) is 3.19. The zero-order valence-corrected chi connectivity index (χ0v) is 12.7. The lowest BCUT2D eigenvalue weighted by Gasteiger charge is -2.25. The third-order valence-electron chi connectivity index (χ3n) is 3.37. The fourth-order valence-electron chi connectivity index (χ4n) is 2.34. The molecule has 1 aliphatic rings. The number of halogens is 1. The molecule has 2 rings (SSSR count). The van der Waals surface area contributed by atoms with Gasteiger partial charge in [-0.2, -0.15) is 0 Å². The van der Waals surface area contributed by atoms with E-state index < -0.39 is 0 Å². The Morgan fingerprint density at radius 1 is 1.30 bits per heavy atom. The van der Waals surface area contributed by atoms with Crippen LogP contribution in [0.1, 0.15) is 18.9 Å². The highest BCUT2D eigenvalue weighted by atomic mass is 35.5. The van der Waals surface area contributed by atoms with E-state index in [2.05, 4.69) is 24.4 Å². The van der Waals surface area contributed by atoms with Crippen molar-refractivity contribution in [1.82, 2.24) is 10.2 Å². The average Bonchev–Trinajstić information content (AvgIpc) is 2.98. The lowest BCUT2D eigenvalue weighted by molar-refractivity contribution is -0.132. The number of nitrogens with zero attached hydrogens (tertiary/aromatic N) is 1. The van der Waals surface area contributed by atoms with Gasteiger partial charge >= 0.3 is 0 Å². The van der Waals surface area contributed by atoms with E-state index in [1.807, 2.05) is 35.3 Å². The first-order chi connectivity index (χ1) is 9.31. The third kappa shape index (κ3) is 4.66. The third-order valence-corrected chi connectivity index (χ3v) is 3.37. The van der Waals surface area contributed by atoms with Gasteiger partial charge in [-0.15, -0.1) is 12.4 Å². The van der Waals surface area contributed by atoms with Crippen molar-refractivity contribution in [3.63, 3.8) is 0 Å². The number of carbonyl (C=O) groups excluding carboxylic acids is 1. The molecule has 0 spiro atoms. The molecule has 0 aromatic heterocycles. The summed E-state index contributed by atoms with van der Waals surface area (Å²) in [6, 6.07) is 10.2. The van der Waals surface area contributed by atoms with E-state index in [9.17, 15) is 4.79 Å². The minimum atomic E-state index is -0.123. The molecule has 1 aliphatic heterocycles. The predicted octanol–water partition coefficient (Wildman–Crippen LogP) is 2.42. The van der Waals surface area contributed by atoms with Gasteiger partial charge in [0.25, 0.3) is 0 Å². The molecule has 1 atom stereocenters. The maximum atomic E-state index is 12.4. The van der Waals surface area contributed by atoms with Gasteiger partial charge in [0.2, 0.25) is 5.91 Å². The molecule has 1 heterocycles. The Balaban J connectivity index is 0.00000200. The zero-order chi connectivity index (χ0) is 13.5. The number of carbonyl (C=O) groups is 1. The monoisotopic (exact) mass is 294 g/mol. The second-order valence-corrected chi connectivity index (χ2v) is 4.87. The molecule has 20 heavy (non-hydrogen) atoms. The van der Waals surface area contributed by atoms with Gasteiger partial charge in [-0.3, -0.25) is 10.1 Å². The summed E-state index contributed by atoms with van der Waals surface area (Å²) >= 11 is 0. The van der Waals surface area contributed by atoms with Crippen LogP contribution in [0.3, 0.4) is 0 Å². The van der Waals surface area contributed by atoms with Gasteiger partial charge in [0, 0.05) is 19.6 Å². The van der Waals surface area contributed by atoms with Crippen LogP contribution < -0.4 is 5.32 Å².